The molecule has 0 spiro atoms. The fraction of sp³-hybridized carbons (Fsp3) is 0.296. The molecule has 1 amide bonds. The zero-order valence-electron chi connectivity index (χ0n) is 19.6. The van der Waals surface area contributed by atoms with Crippen molar-refractivity contribution in [2.24, 2.45) is 0 Å². The molecule has 3 aromatic carbocycles. The Morgan fingerprint density at radius 1 is 1.06 bits per heavy atom. The summed E-state index contributed by atoms with van der Waals surface area (Å²) in [4.78, 5) is 13.2. The van der Waals surface area contributed by atoms with Crippen molar-refractivity contribution in [2.45, 2.75) is 43.7 Å². The highest BCUT2D eigenvalue weighted by atomic mass is 35.5. The third-order valence-corrected chi connectivity index (χ3v) is 8.28. The fourth-order valence-electron chi connectivity index (χ4n) is 4.37. The molecule has 0 bridgehead atoms. The van der Waals surface area contributed by atoms with E-state index in [1.807, 2.05) is 25.1 Å². The second-order valence-electron chi connectivity index (χ2n) is 8.48. The van der Waals surface area contributed by atoms with Crippen molar-refractivity contribution in [1.29, 1.82) is 0 Å². The Kier molecular flexibility index (Phi) is 8.11. The number of amides is 1. The predicted octanol–water partition coefficient (Wildman–Crippen LogP) is 5.12. The molecule has 4 rings (SSSR count). The van der Waals surface area contributed by atoms with Gasteiger partial charge in [-0.25, -0.2) is 8.42 Å². The van der Waals surface area contributed by atoms with Gasteiger partial charge in [0.2, 0.25) is 15.9 Å². The molecule has 1 N–H and O–H groups in total. The molecule has 35 heavy (non-hydrogen) atoms. The lowest BCUT2D eigenvalue weighted by Gasteiger charge is -2.28. The lowest BCUT2D eigenvalue weighted by molar-refractivity contribution is -0.122. The van der Waals surface area contributed by atoms with E-state index < -0.39 is 10.0 Å². The highest BCUT2D eigenvalue weighted by molar-refractivity contribution is 7.89. The van der Waals surface area contributed by atoms with Crippen molar-refractivity contribution in [3.05, 3.63) is 94.5 Å². The van der Waals surface area contributed by atoms with Crippen molar-refractivity contribution >= 4 is 27.5 Å². The SMILES string of the molecule is CCOc1ccc(S(=O)(=O)N(CC(=O)N[C@@H]2CCCc3ccccc32)Cc2ccccc2Cl)cc1. The Morgan fingerprint density at radius 3 is 2.51 bits per heavy atom. The van der Waals surface area contributed by atoms with Crippen molar-refractivity contribution in [3.63, 3.8) is 0 Å². The van der Waals surface area contributed by atoms with Crippen molar-refractivity contribution in [1.82, 2.24) is 9.62 Å². The summed E-state index contributed by atoms with van der Waals surface area (Å²) in [7, 11) is -3.99. The quantitative estimate of drug-likeness (QED) is 0.431. The number of ether oxygens (including phenoxy) is 1. The lowest BCUT2D eigenvalue weighted by atomic mass is 9.88. The molecular weight excluding hydrogens is 484 g/mol. The molecule has 3 aromatic rings. The number of carbonyl (C=O) groups is 1. The number of aryl methyl sites for hydroxylation is 1. The minimum Gasteiger partial charge on any atom is -0.494 e. The Bertz CT molecular complexity index is 1280. The topological polar surface area (TPSA) is 75.7 Å². The van der Waals surface area contributed by atoms with Gasteiger partial charge in [-0.05, 0) is 73.2 Å². The van der Waals surface area contributed by atoms with Crippen LogP contribution in [0.2, 0.25) is 5.02 Å². The summed E-state index contributed by atoms with van der Waals surface area (Å²) in [5.41, 5.74) is 2.94. The number of hydrogen-bond donors (Lipinski definition) is 1. The van der Waals surface area contributed by atoms with Gasteiger partial charge in [-0.2, -0.15) is 4.31 Å². The fourth-order valence-corrected chi connectivity index (χ4v) is 5.94. The number of nitrogens with zero attached hydrogens (tertiary/aromatic N) is 1. The van der Waals surface area contributed by atoms with Gasteiger partial charge in [-0.15, -0.1) is 0 Å². The molecule has 0 saturated heterocycles. The normalized spacial score (nSPS) is 15.5. The van der Waals surface area contributed by atoms with Crippen LogP contribution in [0, 0.1) is 0 Å². The van der Waals surface area contributed by atoms with Gasteiger partial charge in [0.15, 0.2) is 0 Å². The van der Waals surface area contributed by atoms with Crippen LogP contribution in [0.5, 0.6) is 5.75 Å². The van der Waals surface area contributed by atoms with E-state index in [0.717, 1.165) is 24.8 Å². The van der Waals surface area contributed by atoms with E-state index in [-0.39, 0.29) is 29.9 Å². The van der Waals surface area contributed by atoms with E-state index >= 15 is 0 Å². The molecule has 0 radical (unpaired) electrons. The second-order valence-corrected chi connectivity index (χ2v) is 10.8. The molecule has 1 aliphatic rings. The first-order chi connectivity index (χ1) is 16.9. The van der Waals surface area contributed by atoms with Crippen LogP contribution in [0.3, 0.4) is 0 Å². The van der Waals surface area contributed by atoms with Crippen LogP contribution in [-0.4, -0.2) is 31.8 Å². The van der Waals surface area contributed by atoms with Gasteiger partial charge in [0, 0.05) is 11.6 Å². The van der Waals surface area contributed by atoms with Crippen LogP contribution in [-0.2, 0) is 27.8 Å². The Morgan fingerprint density at radius 2 is 1.77 bits per heavy atom. The van der Waals surface area contributed by atoms with Crippen molar-refractivity contribution in [2.75, 3.05) is 13.2 Å². The number of benzene rings is 3. The molecule has 0 aromatic heterocycles. The van der Waals surface area contributed by atoms with Crippen LogP contribution < -0.4 is 10.1 Å². The number of hydrogen-bond acceptors (Lipinski definition) is 4. The lowest BCUT2D eigenvalue weighted by Crippen LogP contribution is -2.42. The molecule has 1 atom stereocenters. The molecule has 1 aliphatic carbocycles. The molecular formula is C27H29ClN2O4S. The van der Waals surface area contributed by atoms with Gasteiger partial charge in [0.25, 0.3) is 0 Å². The third kappa shape index (κ3) is 6.04. The summed E-state index contributed by atoms with van der Waals surface area (Å²) in [5, 5.41) is 3.50. The molecule has 8 heteroatoms. The van der Waals surface area contributed by atoms with Crippen LogP contribution in [0.4, 0.5) is 0 Å². The zero-order chi connectivity index (χ0) is 24.8. The molecule has 6 nitrogen and oxygen atoms in total. The van der Waals surface area contributed by atoms with E-state index in [9.17, 15) is 13.2 Å². The largest absolute Gasteiger partial charge is 0.494 e. The summed E-state index contributed by atoms with van der Waals surface area (Å²) in [6.45, 7) is 2.00. The van der Waals surface area contributed by atoms with Gasteiger partial charge in [0.1, 0.15) is 5.75 Å². The molecule has 0 fully saturated rings. The first kappa shape index (κ1) is 25.2. The Hall–Kier alpha value is -2.87. The summed E-state index contributed by atoms with van der Waals surface area (Å²) >= 11 is 6.33. The highest BCUT2D eigenvalue weighted by Gasteiger charge is 2.29. The molecule has 0 heterocycles. The van der Waals surface area contributed by atoms with E-state index in [4.69, 9.17) is 16.3 Å². The van der Waals surface area contributed by atoms with Crippen LogP contribution in [0.1, 0.15) is 42.5 Å². The van der Waals surface area contributed by atoms with E-state index in [1.54, 1.807) is 36.4 Å². The van der Waals surface area contributed by atoms with E-state index in [2.05, 4.69) is 11.4 Å². The van der Waals surface area contributed by atoms with Gasteiger partial charge < -0.3 is 10.1 Å². The summed E-state index contributed by atoms with van der Waals surface area (Å²) in [5.74, 6) is 0.228. The second kappa shape index (κ2) is 11.2. The minimum atomic E-state index is -3.99. The van der Waals surface area contributed by atoms with Crippen molar-refractivity contribution < 1.29 is 17.9 Å². The van der Waals surface area contributed by atoms with Gasteiger partial charge >= 0.3 is 0 Å². The van der Waals surface area contributed by atoms with E-state index in [0.29, 0.717) is 22.9 Å². The molecule has 0 saturated carbocycles. The first-order valence-corrected chi connectivity index (χ1v) is 13.5. The Balaban J connectivity index is 1.58. The third-order valence-electron chi connectivity index (χ3n) is 6.10. The number of halogens is 1. The molecule has 0 aliphatic heterocycles. The van der Waals surface area contributed by atoms with Crippen LogP contribution in [0.15, 0.2) is 77.7 Å². The smallest absolute Gasteiger partial charge is 0.243 e. The summed E-state index contributed by atoms with van der Waals surface area (Å²) in [6, 6.07) is 21.2. The maximum atomic E-state index is 13.6. The summed E-state index contributed by atoms with van der Waals surface area (Å²) < 4.78 is 33.8. The number of fused-ring (bicyclic) bond motifs is 1. The minimum absolute atomic E-state index is 0.0239. The van der Waals surface area contributed by atoms with Gasteiger partial charge in [-0.1, -0.05) is 54.1 Å². The Labute approximate surface area is 211 Å². The maximum Gasteiger partial charge on any atom is 0.243 e. The van der Waals surface area contributed by atoms with E-state index in [1.165, 1.54) is 22.0 Å². The first-order valence-electron chi connectivity index (χ1n) is 11.7. The van der Waals surface area contributed by atoms with Crippen LogP contribution in [0.25, 0.3) is 0 Å². The standard InChI is InChI=1S/C27H29ClN2O4S/c1-2-34-22-14-16-23(17-15-22)35(32,33)30(18-21-9-4-6-12-25(21)28)19-27(31)29-26-13-7-10-20-8-3-5-11-24(20)26/h3-6,8-9,11-12,14-17,26H,2,7,10,13,18-19H2,1H3,(H,29,31)/t26-/m1/s1. The number of sulfonamides is 1. The summed E-state index contributed by atoms with van der Waals surface area (Å²) in [6.07, 6.45) is 2.77. The number of nitrogens with one attached hydrogen (secondary N) is 1. The zero-order valence-corrected chi connectivity index (χ0v) is 21.2. The van der Waals surface area contributed by atoms with Crippen molar-refractivity contribution in [3.8, 4) is 5.75 Å². The molecule has 184 valence electrons. The highest BCUT2D eigenvalue weighted by Crippen LogP contribution is 2.30. The number of carbonyl (C=O) groups excluding carboxylic acids is 1. The van der Waals surface area contributed by atoms with Gasteiger partial charge in [-0.3, -0.25) is 4.79 Å². The maximum absolute atomic E-state index is 13.6. The average Bonchev–Trinajstić information content (AvgIpc) is 2.86. The predicted molar refractivity (Wildman–Crippen MR) is 137 cm³/mol. The molecule has 0 unspecified atom stereocenters. The van der Waals surface area contributed by atoms with Gasteiger partial charge in [0.05, 0.1) is 24.1 Å². The number of rotatable bonds is 9. The van der Waals surface area contributed by atoms with Crippen LogP contribution >= 0.6 is 11.6 Å². The monoisotopic (exact) mass is 512 g/mol. The average molecular weight is 513 g/mol.